The van der Waals surface area contributed by atoms with Crippen molar-refractivity contribution in [2.75, 3.05) is 26.4 Å². The summed E-state index contributed by atoms with van der Waals surface area (Å²) in [6.45, 7) is 1.72. The molecule has 0 saturated carbocycles. The fourth-order valence-electron chi connectivity index (χ4n) is 13.1. The Morgan fingerprint density at radius 2 is 0.711 bits per heavy atom. The SMILES string of the molecule is CC/C=C\C/C=C\C/C=C\C/C=C\C/C=C\CCCCCCCCCCCC(=O)NC(COC1OC(CO)C(OC2OC(CO)C(OC3OC(CO)C(O)C(O)C3O)C(O)C2O)C(O)C1O)C(O)CCCCCCCCCCCCCCCCCCCCCCCCCCCCC. The monoisotopic (exact) mass is 1380 g/mol. The number of carbonyl (C=O) groups is 1. The molecule has 3 aliphatic rings. The number of hydrogen-bond donors (Lipinski definition) is 12. The zero-order valence-electron chi connectivity index (χ0n) is 60.3. The van der Waals surface area contributed by atoms with E-state index in [1.54, 1.807) is 0 Å². The first kappa shape index (κ1) is 88.7. The van der Waals surface area contributed by atoms with Gasteiger partial charge in [0.15, 0.2) is 18.9 Å². The van der Waals surface area contributed by atoms with Gasteiger partial charge >= 0.3 is 0 Å². The predicted octanol–water partition coefficient (Wildman–Crippen LogP) is 12.3. The van der Waals surface area contributed by atoms with Gasteiger partial charge in [0.1, 0.15) is 73.2 Å². The maximum atomic E-state index is 13.5. The minimum Gasteiger partial charge on any atom is -0.394 e. The summed E-state index contributed by atoms with van der Waals surface area (Å²) < 4.78 is 34.5. The lowest BCUT2D eigenvalue weighted by atomic mass is 9.96. The van der Waals surface area contributed by atoms with Crippen LogP contribution in [0.25, 0.3) is 0 Å². The van der Waals surface area contributed by atoms with E-state index in [1.807, 2.05) is 0 Å². The topological polar surface area (TPSA) is 307 Å². The lowest BCUT2D eigenvalue weighted by Crippen LogP contribution is -2.66. The summed E-state index contributed by atoms with van der Waals surface area (Å²) >= 11 is 0. The van der Waals surface area contributed by atoms with Gasteiger partial charge in [0.25, 0.3) is 0 Å². The molecule has 3 saturated heterocycles. The van der Waals surface area contributed by atoms with Crippen molar-refractivity contribution in [3.63, 3.8) is 0 Å². The van der Waals surface area contributed by atoms with E-state index in [-0.39, 0.29) is 18.9 Å². The molecule has 17 unspecified atom stereocenters. The summed E-state index contributed by atoms with van der Waals surface area (Å²) in [4.78, 5) is 13.5. The van der Waals surface area contributed by atoms with Gasteiger partial charge in [-0.1, -0.05) is 293 Å². The van der Waals surface area contributed by atoms with Crippen LogP contribution < -0.4 is 5.32 Å². The van der Waals surface area contributed by atoms with Crippen LogP contribution in [0.1, 0.15) is 296 Å². The van der Waals surface area contributed by atoms with Crippen molar-refractivity contribution in [1.82, 2.24) is 5.32 Å². The second-order valence-electron chi connectivity index (χ2n) is 27.8. The van der Waals surface area contributed by atoms with Gasteiger partial charge < -0.3 is 89.9 Å². The third kappa shape index (κ3) is 39.6. The first-order valence-corrected chi connectivity index (χ1v) is 39.0. The van der Waals surface area contributed by atoms with Crippen molar-refractivity contribution in [2.24, 2.45) is 0 Å². The third-order valence-corrected chi connectivity index (χ3v) is 19.4. The summed E-state index contributed by atoms with van der Waals surface area (Å²) in [5.74, 6) is -0.248. The molecule has 0 aliphatic carbocycles. The number of rotatable bonds is 61. The van der Waals surface area contributed by atoms with E-state index in [1.165, 1.54) is 173 Å². The number of amides is 1. The van der Waals surface area contributed by atoms with E-state index in [4.69, 9.17) is 28.4 Å². The van der Waals surface area contributed by atoms with E-state index >= 15 is 0 Å². The molecule has 97 heavy (non-hydrogen) atoms. The minimum atomic E-state index is -1.98. The molecule has 0 aromatic heterocycles. The van der Waals surface area contributed by atoms with E-state index in [0.717, 1.165) is 89.9 Å². The maximum Gasteiger partial charge on any atom is 0.220 e. The Kier molecular flexibility index (Phi) is 53.9. The van der Waals surface area contributed by atoms with Gasteiger partial charge in [-0.3, -0.25) is 4.79 Å². The van der Waals surface area contributed by atoms with Crippen LogP contribution in [0, 0.1) is 0 Å². The summed E-state index contributed by atoms with van der Waals surface area (Å²) in [6, 6.07) is -0.896. The molecule has 0 spiro atoms. The van der Waals surface area contributed by atoms with Crippen molar-refractivity contribution < 1.29 is 89.4 Å². The largest absolute Gasteiger partial charge is 0.394 e. The molecule has 0 aromatic rings. The van der Waals surface area contributed by atoms with Crippen molar-refractivity contribution >= 4 is 5.91 Å². The summed E-state index contributed by atoms with van der Waals surface area (Å²) in [5, 5.41) is 121. The Labute approximate surface area is 586 Å². The molecule has 19 heteroatoms. The Hall–Kier alpha value is -2.51. The number of nitrogens with one attached hydrogen (secondary N) is 1. The lowest BCUT2D eigenvalue weighted by molar-refractivity contribution is -0.379. The van der Waals surface area contributed by atoms with Gasteiger partial charge in [-0.15, -0.1) is 0 Å². The average molecular weight is 1380 g/mol. The summed E-state index contributed by atoms with van der Waals surface area (Å²) in [6.07, 6.45) is 47.2. The summed E-state index contributed by atoms with van der Waals surface area (Å²) in [7, 11) is 0. The van der Waals surface area contributed by atoms with Gasteiger partial charge in [-0.25, -0.2) is 0 Å². The van der Waals surface area contributed by atoms with Crippen molar-refractivity contribution in [3.05, 3.63) is 60.8 Å². The van der Waals surface area contributed by atoms with E-state index in [2.05, 4.69) is 79.9 Å². The Morgan fingerprint density at radius 3 is 1.11 bits per heavy atom. The number of allylic oxidation sites excluding steroid dienone is 10. The second kappa shape index (κ2) is 58.9. The van der Waals surface area contributed by atoms with E-state index < -0.39 is 124 Å². The van der Waals surface area contributed by atoms with Crippen LogP contribution in [-0.4, -0.2) is 193 Å². The highest BCUT2D eigenvalue weighted by atomic mass is 16.8. The van der Waals surface area contributed by atoms with Crippen LogP contribution in [-0.2, 0) is 33.2 Å². The molecule has 17 atom stereocenters. The zero-order valence-corrected chi connectivity index (χ0v) is 60.3. The van der Waals surface area contributed by atoms with Crippen LogP contribution in [0.5, 0.6) is 0 Å². The average Bonchev–Trinajstić information content (AvgIpc) is 0.797. The first-order chi connectivity index (χ1) is 47.3. The lowest BCUT2D eigenvalue weighted by Gasteiger charge is -2.48. The van der Waals surface area contributed by atoms with Crippen molar-refractivity contribution in [1.29, 1.82) is 0 Å². The molecule has 0 radical (unpaired) electrons. The third-order valence-electron chi connectivity index (χ3n) is 19.4. The highest BCUT2D eigenvalue weighted by Crippen LogP contribution is 2.33. The predicted molar refractivity (Wildman–Crippen MR) is 383 cm³/mol. The summed E-state index contributed by atoms with van der Waals surface area (Å²) in [5.41, 5.74) is 0. The minimum absolute atomic E-state index is 0.248. The number of ether oxygens (including phenoxy) is 6. The number of aliphatic hydroxyl groups is 11. The van der Waals surface area contributed by atoms with Crippen LogP contribution in [0.2, 0.25) is 0 Å². The molecule has 19 nitrogen and oxygen atoms in total. The van der Waals surface area contributed by atoms with E-state index in [9.17, 15) is 61.0 Å². The van der Waals surface area contributed by atoms with Crippen LogP contribution in [0.3, 0.4) is 0 Å². The highest BCUT2D eigenvalue weighted by molar-refractivity contribution is 5.76. The zero-order chi connectivity index (χ0) is 70.4. The number of carbonyl (C=O) groups excluding carboxylic acids is 1. The van der Waals surface area contributed by atoms with Crippen molar-refractivity contribution in [3.8, 4) is 0 Å². The van der Waals surface area contributed by atoms with Gasteiger partial charge in [-0.2, -0.15) is 0 Å². The van der Waals surface area contributed by atoms with Crippen LogP contribution in [0.4, 0.5) is 0 Å². The number of aliphatic hydroxyl groups excluding tert-OH is 11. The van der Waals surface area contributed by atoms with Gasteiger partial charge in [0.2, 0.25) is 5.91 Å². The standard InChI is InChI=1S/C78H141NO18/c1-3-5-7-9-11-13-15-17-19-21-23-25-27-29-30-32-33-35-37-39-41-43-45-47-49-51-53-55-62(83)61(79-66(84)56-54-52-50-48-46-44-42-40-38-36-34-31-28-26-24-22-20-18-16-14-12-10-8-6-4-2)60-92-76-72(90)69(87)74(64(58-81)94-76)97-78-73(91)70(88)75(65(59-82)95-78)96-77-71(89)68(86)67(85)63(57-80)93-77/h6,8,12,14,18,20,24,26,31,34,61-65,67-78,80-83,85-91H,3-5,7,9-11,13,15-17,19,21-23,25,27-30,32-33,35-60H2,1-2H3,(H,79,84)/b8-6-,14-12-,20-18-,26-24-,34-31-. The van der Waals surface area contributed by atoms with Gasteiger partial charge in [-0.05, 0) is 57.8 Å². The molecule has 0 bridgehead atoms. The molecule has 3 aliphatic heterocycles. The smallest absolute Gasteiger partial charge is 0.220 e. The Bertz CT molecular complexity index is 1990. The molecule has 3 fully saturated rings. The molecule has 566 valence electrons. The molecule has 3 heterocycles. The molecule has 1 amide bonds. The Morgan fingerprint density at radius 1 is 0.381 bits per heavy atom. The molecule has 3 rings (SSSR count). The number of hydrogen-bond acceptors (Lipinski definition) is 18. The van der Waals surface area contributed by atoms with E-state index in [0.29, 0.717) is 12.8 Å². The van der Waals surface area contributed by atoms with Gasteiger partial charge in [0.05, 0.1) is 38.6 Å². The molecular weight excluding hydrogens is 1240 g/mol. The molecule has 0 aromatic carbocycles. The Balaban J connectivity index is 1.39. The quantitative estimate of drug-likeness (QED) is 0.0199. The first-order valence-electron chi connectivity index (χ1n) is 39.0. The fraction of sp³-hybridized carbons (Fsp3) is 0.859. The van der Waals surface area contributed by atoms with Gasteiger partial charge in [0, 0.05) is 6.42 Å². The fourth-order valence-corrected chi connectivity index (χ4v) is 13.1. The van der Waals surface area contributed by atoms with Crippen LogP contribution in [0.15, 0.2) is 60.8 Å². The molecular formula is C78H141NO18. The normalized spacial score (nSPS) is 27.2. The molecule has 12 N–H and O–H groups in total. The highest BCUT2D eigenvalue weighted by Gasteiger charge is 2.54. The number of unbranched alkanes of at least 4 members (excludes halogenated alkanes) is 35. The van der Waals surface area contributed by atoms with Crippen molar-refractivity contribution in [2.45, 2.75) is 401 Å². The second-order valence-corrected chi connectivity index (χ2v) is 27.8. The maximum absolute atomic E-state index is 13.5. The van der Waals surface area contributed by atoms with Crippen LogP contribution >= 0.6 is 0 Å².